The van der Waals surface area contributed by atoms with Crippen LogP contribution in [-0.2, 0) is 7.05 Å². The first-order valence-corrected chi connectivity index (χ1v) is 5.80. The zero-order valence-electron chi connectivity index (χ0n) is 10.5. The molecule has 0 aliphatic carbocycles. The lowest BCUT2D eigenvalue weighted by atomic mass is 10.1. The second-order valence-corrected chi connectivity index (χ2v) is 4.42. The van der Waals surface area contributed by atoms with Crippen LogP contribution in [0, 0.1) is 18.6 Å². The summed E-state index contributed by atoms with van der Waals surface area (Å²) in [5.74, 6) is -0.560. The molecule has 3 rings (SSSR count). The lowest BCUT2D eigenvalue weighted by molar-refractivity contribution is 0.591. The zero-order chi connectivity index (χ0) is 13.6. The Hall–Kier alpha value is -2.30. The number of rotatable bonds is 1. The molecule has 1 aromatic carbocycles. The van der Waals surface area contributed by atoms with E-state index in [-0.39, 0.29) is 0 Å². The highest BCUT2D eigenvalue weighted by Gasteiger charge is 2.15. The summed E-state index contributed by atoms with van der Waals surface area (Å²) < 4.78 is 29.0. The third-order valence-corrected chi connectivity index (χ3v) is 3.06. The normalized spacial score (nSPS) is 11.2. The van der Waals surface area contributed by atoms with Gasteiger partial charge in [-0.3, -0.25) is 0 Å². The minimum absolute atomic E-state index is 0.377. The van der Waals surface area contributed by atoms with Crippen LogP contribution < -0.4 is 0 Å². The maximum Gasteiger partial charge on any atom is 0.136 e. The molecule has 0 N–H and O–H groups in total. The van der Waals surface area contributed by atoms with Gasteiger partial charge >= 0.3 is 0 Å². The maximum absolute atomic E-state index is 14.0. The number of hydrogen-bond acceptors (Lipinski definition) is 2. The van der Waals surface area contributed by atoms with E-state index in [4.69, 9.17) is 0 Å². The Morgan fingerprint density at radius 1 is 1.21 bits per heavy atom. The van der Waals surface area contributed by atoms with Gasteiger partial charge in [-0.2, -0.15) is 0 Å². The molecule has 0 aliphatic heterocycles. The molecule has 0 spiro atoms. The molecule has 0 saturated heterocycles. The number of benzene rings is 1. The van der Waals surface area contributed by atoms with Crippen molar-refractivity contribution in [3.63, 3.8) is 0 Å². The number of halogens is 2. The van der Waals surface area contributed by atoms with Gasteiger partial charge in [-0.05, 0) is 19.1 Å². The van der Waals surface area contributed by atoms with Crippen molar-refractivity contribution in [2.45, 2.75) is 6.92 Å². The Morgan fingerprint density at radius 3 is 2.74 bits per heavy atom. The highest BCUT2D eigenvalue weighted by Crippen LogP contribution is 2.31. The fourth-order valence-electron chi connectivity index (χ4n) is 2.23. The van der Waals surface area contributed by atoms with Gasteiger partial charge in [-0.15, -0.1) is 0 Å². The summed E-state index contributed by atoms with van der Waals surface area (Å²) >= 11 is 0. The molecule has 0 fully saturated rings. The number of aromatic nitrogens is 3. The zero-order valence-corrected chi connectivity index (χ0v) is 10.5. The van der Waals surface area contributed by atoms with Crippen LogP contribution in [-0.4, -0.2) is 14.5 Å². The van der Waals surface area contributed by atoms with Gasteiger partial charge in [0, 0.05) is 36.5 Å². The first-order chi connectivity index (χ1) is 9.06. The maximum atomic E-state index is 14.0. The molecular weight excluding hydrogens is 248 g/mol. The van der Waals surface area contributed by atoms with Crippen molar-refractivity contribution in [3.8, 4) is 11.3 Å². The summed E-state index contributed by atoms with van der Waals surface area (Å²) in [6, 6.07) is 3.92. The second-order valence-electron chi connectivity index (χ2n) is 4.42. The Morgan fingerprint density at radius 2 is 2.00 bits per heavy atom. The average molecular weight is 259 g/mol. The SMILES string of the molecule is Cc1nccc(-c2cn(C)c3cc(F)cc(F)c23)n1. The molecule has 0 saturated carbocycles. The van der Waals surface area contributed by atoms with E-state index in [9.17, 15) is 8.78 Å². The third-order valence-electron chi connectivity index (χ3n) is 3.06. The van der Waals surface area contributed by atoms with E-state index in [1.165, 1.54) is 6.07 Å². The van der Waals surface area contributed by atoms with Gasteiger partial charge in [0.1, 0.15) is 17.5 Å². The molecule has 19 heavy (non-hydrogen) atoms. The second kappa shape index (κ2) is 4.12. The van der Waals surface area contributed by atoms with Crippen molar-refractivity contribution < 1.29 is 8.78 Å². The van der Waals surface area contributed by atoms with Crippen molar-refractivity contribution in [1.82, 2.24) is 14.5 Å². The van der Waals surface area contributed by atoms with Crippen molar-refractivity contribution in [1.29, 1.82) is 0 Å². The van der Waals surface area contributed by atoms with E-state index >= 15 is 0 Å². The molecule has 0 atom stereocenters. The van der Waals surface area contributed by atoms with Gasteiger partial charge in [0.25, 0.3) is 0 Å². The van der Waals surface area contributed by atoms with E-state index in [2.05, 4.69) is 9.97 Å². The van der Waals surface area contributed by atoms with Crippen LogP contribution in [0.5, 0.6) is 0 Å². The van der Waals surface area contributed by atoms with Crippen molar-refractivity contribution in [2.75, 3.05) is 0 Å². The molecule has 0 unspecified atom stereocenters. The molecule has 2 aromatic heterocycles. The van der Waals surface area contributed by atoms with Crippen LogP contribution in [0.4, 0.5) is 8.78 Å². The summed E-state index contributed by atoms with van der Waals surface area (Å²) in [6.07, 6.45) is 3.37. The molecule has 3 nitrogen and oxygen atoms in total. The predicted molar refractivity (Wildman–Crippen MR) is 68.6 cm³/mol. The van der Waals surface area contributed by atoms with E-state index in [0.717, 1.165) is 6.07 Å². The van der Waals surface area contributed by atoms with Gasteiger partial charge in [-0.25, -0.2) is 18.7 Å². The van der Waals surface area contributed by atoms with E-state index in [1.54, 1.807) is 37.0 Å². The lowest BCUT2D eigenvalue weighted by Gasteiger charge is -2.01. The largest absolute Gasteiger partial charge is 0.350 e. The van der Waals surface area contributed by atoms with E-state index < -0.39 is 11.6 Å². The molecule has 2 heterocycles. The molecule has 0 radical (unpaired) electrons. The number of hydrogen-bond donors (Lipinski definition) is 0. The number of nitrogens with zero attached hydrogens (tertiary/aromatic N) is 3. The van der Waals surface area contributed by atoms with Crippen LogP contribution >= 0.6 is 0 Å². The Bertz CT molecular complexity index is 778. The molecule has 0 aliphatic rings. The summed E-state index contributed by atoms with van der Waals surface area (Å²) in [6.45, 7) is 1.77. The Kier molecular flexibility index (Phi) is 2.55. The minimum atomic E-state index is -0.586. The fourth-order valence-corrected chi connectivity index (χ4v) is 2.23. The van der Waals surface area contributed by atoms with Gasteiger partial charge in [0.05, 0.1) is 11.2 Å². The molecule has 5 heteroatoms. The van der Waals surface area contributed by atoms with Crippen LogP contribution in [0.15, 0.2) is 30.6 Å². The standard InChI is InChI=1S/C14H11F2N3/c1-8-17-4-3-12(18-8)10-7-19(2)13-6-9(15)5-11(16)14(10)13/h3-7H,1-2H3. The molecule has 0 bridgehead atoms. The smallest absolute Gasteiger partial charge is 0.136 e. The Labute approximate surface area is 108 Å². The summed E-state index contributed by atoms with van der Waals surface area (Å²) in [7, 11) is 1.75. The van der Waals surface area contributed by atoms with Gasteiger partial charge in [-0.1, -0.05) is 0 Å². The minimum Gasteiger partial charge on any atom is -0.350 e. The van der Waals surface area contributed by atoms with E-state index in [0.29, 0.717) is 28.0 Å². The van der Waals surface area contributed by atoms with Gasteiger partial charge in [0.15, 0.2) is 0 Å². The monoisotopic (exact) mass is 259 g/mol. The number of fused-ring (bicyclic) bond motifs is 1. The van der Waals surface area contributed by atoms with Crippen LogP contribution in [0.1, 0.15) is 5.82 Å². The third kappa shape index (κ3) is 1.87. The topological polar surface area (TPSA) is 30.7 Å². The highest BCUT2D eigenvalue weighted by molar-refractivity contribution is 5.95. The first-order valence-electron chi connectivity index (χ1n) is 5.80. The van der Waals surface area contributed by atoms with Crippen LogP contribution in [0.25, 0.3) is 22.2 Å². The van der Waals surface area contributed by atoms with Crippen molar-refractivity contribution in [3.05, 3.63) is 48.1 Å². The van der Waals surface area contributed by atoms with E-state index in [1.807, 2.05) is 0 Å². The number of aryl methyl sites for hydroxylation is 2. The quantitative estimate of drug-likeness (QED) is 0.671. The Balaban J connectivity index is 2.37. The lowest BCUT2D eigenvalue weighted by Crippen LogP contribution is -1.90. The van der Waals surface area contributed by atoms with Crippen molar-refractivity contribution in [2.24, 2.45) is 7.05 Å². The predicted octanol–water partition coefficient (Wildman–Crippen LogP) is 3.22. The summed E-state index contributed by atoms with van der Waals surface area (Å²) in [4.78, 5) is 8.30. The summed E-state index contributed by atoms with van der Waals surface area (Å²) in [5, 5.41) is 0.377. The van der Waals surface area contributed by atoms with Crippen LogP contribution in [0.2, 0.25) is 0 Å². The summed E-state index contributed by atoms with van der Waals surface area (Å²) in [5.41, 5.74) is 1.77. The highest BCUT2D eigenvalue weighted by atomic mass is 19.1. The van der Waals surface area contributed by atoms with Gasteiger partial charge < -0.3 is 4.57 Å². The van der Waals surface area contributed by atoms with Gasteiger partial charge in [0.2, 0.25) is 0 Å². The fraction of sp³-hybridized carbons (Fsp3) is 0.143. The molecule has 0 amide bonds. The average Bonchev–Trinajstić information content (AvgIpc) is 2.67. The van der Waals surface area contributed by atoms with Crippen LogP contribution in [0.3, 0.4) is 0 Å². The first kappa shape index (κ1) is 11.8. The molecular formula is C14H11F2N3. The molecule has 3 aromatic rings. The molecule has 96 valence electrons. The van der Waals surface area contributed by atoms with Crippen molar-refractivity contribution >= 4 is 10.9 Å².